The highest BCUT2D eigenvalue weighted by Gasteiger charge is 2.24. The van der Waals surface area contributed by atoms with E-state index in [1.807, 2.05) is 0 Å². The highest BCUT2D eigenvalue weighted by atomic mass is 32.1. The first-order valence-electron chi connectivity index (χ1n) is 7.89. The molecule has 0 fully saturated rings. The summed E-state index contributed by atoms with van der Waals surface area (Å²) in [5, 5.41) is 8.34. The third kappa shape index (κ3) is 3.08. The Balaban J connectivity index is 1.70. The Labute approximate surface area is 151 Å². The van der Waals surface area contributed by atoms with Crippen molar-refractivity contribution >= 4 is 32.6 Å². The Morgan fingerprint density at radius 3 is 2.96 bits per heavy atom. The van der Waals surface area contributed by atoms with E-state index in [0.29, 0.717) is 28.7 Å². The molecule has 0 spiro atoms. The normalized spacial score (nSPS) is 11.2. The Kier molecular flexibility index (Phi) is 4.21. The molecule has 9 heteroatoms. The topological polar surface area (TPSA) is 77.1 Å². The van der Waals surface area contributed by atoms with Crippen molar-refractivity contribution in [3.63, 3.8) is 0 Å². The number of hydrogen-bond donors (Lipinski definition) is 0. The molecule has 3 aromatic heterocycles. The molecule has 4 aromatic rings. The van der Waals surface area contributed by atoms with Gasteiger partial charge in [-0.1, -0.05) is 22.6 Å². The number of hydrogen-bond acceptors (Lipinski definition) is 6. The minimum atomic E-state index is -0.415. The van der Waals surface area contributed by atoms with Crippen LogP contribution in [0.1, 0.15) is 16.2 Å². The summed E-state index contributed by atoms with van der Waals surface area (Å²) in [5.41, 5.74) is 0.434. The van der Waals surface area contributed by atoms with Gasteiger partial charge in [-0.15, -0.1) is 0 Å². The standard InChI is InChI=1S/C17H14FN5O2S/c1-11-10-13(21-25-11)16(24)23(9-8-22-7-3-6-19-22)17-20-15-12(18)4-2-5-14(15)26-17/h2-7,10H,8-9H2,1H3. The van der Waals surface area contributed by atoms with Crippen molar-refractivity contribution in [2.24, 2.45) is 0 Å². The minimum absolute atomic E-state index is 0.183. The quantitative estimate of drug-likeness (QED) is 0.538. The smallest absolute Gasteiger partial charge is 0.282 e. The summed E-state index contributed by atoms with van der Waals surface area (Å²) in [6.45, 7) is 2.49. The second kappa shape index (κ2) is 6.68. The van der Waals surface area contributed by atoms with E-state index in [1.165, 1.54) is 22.3 Å². The number of anilines is 1. The van der Waals surface area contributed by atoms with E-state index in [-0.39, 0.29) is 17.1 Å². The van der Waals surface area contributed by atoms with Crippen molar-refractivity contribution in [2.75, 3.05) is 11.4 Å². The lowest BCUT2D eigenvalue weighted by Crippen LogP contribution is -2.34. The SMILES string of the molecule is Cc1cc(C(=O)N(CCn2cccn2)c2nc3c(F)cccc3s2)no1. The number of nitrogens with zero attached hydrogens (tertiary/aromatic N) is 5. The molecule has 26 heavy (non-hydrogen) atoms. The maximum atomic E-state index is 14.0. The lowest BCUT2D eigenvalue weighted by molar-refractivity contribution is 0.0977. The second-order valence-electron chi connectivity index (χ2n) is 5.63. The molecule has 0 unspecified atom stereocenters. The second-order valence-corrected chi connectivity index (χ2v) is 6.64. The molecular formula is C17H14FN5O2S. The van der Waals surface area contributed by atoms with Crippen LogP contribution in [0.5, 0.6) is 0 Å². The molecule has 0 aliphatic rings. The molecule has 1 aromatic carbocycles. The summed E-state index contributed by atoms with van der Waals surface area (Å²) < 4.78 is 21.4. The number of para-hydroxylation sites is 1. The fourth-order valence-electron chi connectivity index (χ4n) is 2.54. The van der Waals surface area contributed by atoms with Gasteiger partial charge in [0.05, 0.1) is 11.2 Å². The van der Waals surface area contributed by atoms with Crippen LogP contribution < -0.4 is 4.90 Å². The first-order valence-corrected chi connectivity index (χ1v) is 8.71. The van der Waals surface area contributed by atoms with Crippen LogP contribution in [0.15, 0.2) is 47.2 Å². The number of aryl methyl sites for hydroxylation is 1. The molecule has 1 amide bonds. The van der Waals surface area contributed by atoms with Crippen LogP contribution in [0, 0.1) is 12.7 Å². The minimum Gasteiger partial charge on any atom is -0.361 e. The molecule has 132 valence electrons. The monoisotopic (exact) mass is 371 g/mol. The number of carbonyl (C=O) groups is 1. The highest BCUT2D eigenvalue weighted by Crippen LogP contribution is 2.31. The van der Waals surface area contributed by atoms with E-state index in [2.05, 4.69) is 15.2 Å². The van der Waals surface area contributed by atoms with Crippen molar-refractivity contribution < 1.29 is 13.7 Å². The van der Waals surface area contributed by atoms with Gasteiger partial charge >= 0.3 is 0 Å². The predicted octanol–water partition coefficient (Wildman–Crippen LogP) is 3.28. The molecule has 0 radical (unpaired) electrons. The molecule has 3 heterocycles. The zero-order valence-electron chi connectivity index (χ0n) is 13.8. The molecule has 0 aliphatic carbocycles. The van der Waals surface area contributed by atoms with Crippen molar-refractivity contribution in [1.82, 2.24) is 19.9 Å². The largest absolute Gasteiger partial charge is 0.361 e. The third-order valence-electron chi connectivity index (χ3n) is 3.79. The zero-order valence-corrected chi connectivity index (χ0v) is 14.6. The van der Waals surface area contributed by atoms with Gasteiger partial charge in [-0.25, -0.2) is 9.37 Å². The van der Waals surface area contributed by atoms with Crippen molar-refractivity contribution in [2.45, 2.75) is 13.5 Å². The van der Waals surface area contributed by atoms with Gasteiger partial charge in [0.1, 0.15) is 17.1 Å². The maximum Gasteiger partial charge on any atom is 0.282 e. The van der Waals surface area contributed by atoms with Crippen LogP contribution in [0.2, 0.25) is 0 Å². The van der Waals surface area contributed by atoms with Gasteiger partial charge in [0.2, 0.25) is 0 Å². The number of carbonyl (C=O) groups excluding carboxylic acids is 1. The number of benzene rings is 1. The molecule has 0 aliphatic heterocycles. The third-order valence-corrected chi connectivity index (χ3v) is 4.84. The summed E-state index contributed by atoms with van der Waals surface area (Å²) in [5.74, 6) is -0.231. The van der Waals surface area contributed by atoms with Crippen LogP contribution in [0.4, 0.5) is 9.52 Å². The summed E-state index contributed by atoms with van der Waals surface area (Å²) in [4.78, 5) is 18.7. The van der Waals surface area contributed by atoms with Crippen LogP contribution >= 0.6 is 11.3 Å². The van der Waals surface area contributed by atoms with Gasteiger partial charge in [0.15, 0.2) is 10.8 Å². The number of amides is 1. The summed E-state index contributed by atoms with van der Waals surface area (Å²) >= 11 is 1.25. The Hall–Kier alpha value is -3.07. The van der Waals surface area contributed by atoms with Crippen LogP contribution in [-0.4, -0.2) is 32.4 Å². The molecule has 0 bridgehead atoms. The first-order chi connectivity index (χ1) is 12.6. The van der Waals surface area contributed by atoms with Gasteiger partial charge in [-0.3, -0.25) is 14.4 Å². The lowest BCUT2D eigenvalue weighted by atomic mass is 10.3. The fraction of sp³-hybridized carbons (Fsp3) is 0.176. The highest BCUT2D eigenvalue weighted by molar-refractivity contribution is 7.22. The summed E-state index contributed by atoms with van der Waals surface area (Å²) in [7, 11) is 0. The van der Waals surface area contributed by atoms with Crippen LogP contribution in [0.25, 0.3) is 10.2 Å². The number of halogens is 1. The Morgan fingerprint density at radius 2 is 2.27 bits per heavy atom. The summed E-state index contributed by atoms with van der Waals surface area (Å²) in [6.07, 6.45) is 3.47. The van der Waals surface area contributed by atoms with Crippen molar-refractivity contribution in [3.05, 3.63) is 60.0 Å². The van der Waals surface area contributed by atoms with Gasteiger partial charge in [0.25, 0.3) is 5.91 Å². The maximum absolute atomic E-state index is 14.0. The van der Waals surface area contributed by atoms with Gasteiger partial charge in [-0.2, -0.15) is 5.10 Å². The van der Waals surface area contributed by atoms with E-state index in [1.54, 1.807) is 48.3 Å². The van der Waals surface area contributed by atoms with Crippen LogP contribution in [-0.2, 0) is 6.54 Å². The molecule has 0 saturated heterocycles. The molecule has 0 saturated carbocycles. The van der Waals surface area contributed by atoms with Gasteiger partial charge in [0, 0.05) is 25.0 Å². The lowest BCUT2D eigenvalue weighted by Gasteiger charge is -2.18. The first kappa shape index (κ1) is 16.4. The van der Waals surface area contributed by atoms with Crippen LogP contribution in [0.3, 0.4) is 0 Å². The Bertz CT molecular complexity index is 1060. The average molecular weight is 371 g/mol. The number of fused-ring (bicyclic) bond motifs is 1. The molecule has 7 nitrogen and oxygen atoms in total. The predicted molar refractivity (Wildman–Crippen MR) is 94.7 cm³/mol. The average Bonchev–Trinajstić information content (AvgIpc) is 3.35. The van der Waals surface area contributed by atoms with E-state index in [9.17, 15) is 9.18 Å². The van der Waals surface area contributed by atoms with E-state index >= 15 is 0 Å². The van der Waals surface area contributed by atoms with E-state index in [0.717, 1.165) is 0 Å². The van der Waals surface area contributed by atoms with Crippen molar-refractivity contribution in [1.29, 1.82) is 0 Å². The van der Waals surface area contributed by atoms with Gasteiger partial charge < -0.3 is 4.52 Å². The number of thiazole rings is 1. The van der Waals surface area contributed by atoms with E-state index in [4.69, 9.17) is 4.52 Å². The Morgan fingerprint density at radius 1 is 1.38 bits per heavy atom. The molecule has 0 atom stereocenters. The fourth-order valence-corrected chi connectivity index (χ4v) is 3.55. The van der Waals surface area contributed by atoms with Gasteiger partial charge in [-0.05, 0) is 25.1 Å². The molecular weight excluding hydrogens is 357 g/mol. The molecule has 0 N–H and O–H groups in total. The molecule has 4 rings (SSSR count). The summed E-state index contributed by atoms with van der Waals surface area (Å²) in [6, 6.07) is 8.12. The van der Waals surface area contributed by atoms with Crippen molar-refractivity contribution in [3.8, 4) is 0 Å². The number of aromatic nitrogens is 4. The van der Waals surface area contributed by atoms with E-state index < -0.39 is 5.82 Å². The number of rotatable bonds is 5. The zero-order chi connectivity index (χ0) is 18.1.